The molecule has 1 unspecified atom stereocenters. The molecule has 3 heterocycles. The lowest BCUT2D eigenvalue weighted by molar-refractivity contribution is 0.415. The van der Waals surface area contributed by atoms with Crippen molar-refractivity contribution in [2.75, 3.05) is 0 Å². The molecule has 0 bridgehead atoms. The van der Waals surface area contributed by atoms with Crippen molar-refractivity contribution in [1.29, 1.82) is 0 Å². The van der Waals surface area contributed by atoms with Gasteiger partial charge in [0.05, 0.1) is 0 Å². The van der Waals surface area contributed by atoms with Crippen LogP contribution in [-0.4, -0.2) is 26.9 Å². The Kier molecular flexibility index (Phi) is 7.13. The number of hydrogen-bond donors (Lipinski definition) is 0. The van der Waals surface area contributed by atoms with E-state index < -0.39 is 0 Å². The number of ether oxygens (including phenoxy) is 1. The first-order chi connectivity index (χ1) is 27.0. The minimum atomic E-state index is -0.244. The number of allylic oxidation sites excluding steroid dienone is 2. The summed E-state index contributed by atoms with van der Waals surface area (Å²) < 4.78 is 9.03. The molecule has 262 valence electrons. The zero-order chi connectivity index (χ0) is 36.7. The second kappa shape index (κ2) is 12.3. The largest absolute Gasteiger partial charge is 0.440 e. The molecule has 0 saturated heterocycles. The number of hydrogen-bond acceptors (Lipinski definition) is 6. The van der Waals surface area contributed by atoms with Crippen molar-refractivity contribution < 1.29 is 4.74 Å². The summed E-state index contributed by atoms with van der Waals surface area (Å²) in [5.74, 6) is 3.61. The zero-order valence-electron chi connectivity index (χ0n) is 30.3. The monoisotopic (exact) mass is 726 g/mol. The van der Waals surface area contributed by atoms with Gasteiger partial charge in [0.2, 0.25) is 5.90 Å². The van der Waals surface area contributed by atoms with Gasteiger partial charge in [-0.15, -0.1) is 11.3 Å². The molecule has 5 nitrogen and oxygen atoms in total. The van der Waals surface area contributed by atoms with Gasteiger partial charge < -0.3 is 4.74 Å². The number of rotatable bonds is 5. The van der Waals surface area contributed by atoms with E-state index in [1.54, 1.807) is 11.3 Å². The van der Waals surface area contributed by atoms with Crippen LogP contribution >= 0.6 is 11.3 Å². The summed E-state index contributed by atoms with van der Waals surface area (Å²) in [6.07, 6.45) is 3.19. The average Bonchev–Trinajstić information content (AvgIpc) is 3.92. The maximum absolute atomic E-state index is 6.61. The Balaban J connectivity index is 1.06. The van der Waals surface area contributed by atoms with E-state index in [1.165, 1.54) is 48.0 Å². The van der Waals surface area contributed by atoms with Gasteiger partial charge in [0, 0.05) is 53.4 Å². The first kappa shape index (κ1) is 32.0. The summed E-state index contributed by atoms with van der Waals surface area (Å²) in [5, 5.41) is 2.46. The van der Waals surface area contributed by atoms with Gasteiger partial charge in [0.15, 0.2) is 17.5 Å². The molecule has 0 spiro atoms. The standard InChI is InChI=1S/C49H34N4OS/c1-49(2)38-26-27-40-43(54-48(50-40)32-14-7-4-8-15-32)42(38)36-25-24-33(28-39(36)49)46-51-45(31-22-20-30(21-23-31)29-12-5-3-6-13-29)52-47(53-46)37-18-11-17-35-34-16-9-10-19-41(34)55-44(35)37/h3-26,28,40H,27H2,1-2H3. The minimum Gasteiger partial charge on any atom is -0.440 e. The van der Waals surface area contributed by atoms with Gasteiger partial charge in [0.1, 0.15) is 11.8 Å². The molecule has 2 aromatic heterocycles. The molecule has 0 radical (unpaired) electrons. The van der Waals surface area contributed by atoms with E-state index in [0.29, 0.717) is 23.4 Å². The molecular formula is C49H34N4OS. The van der Waals surface area contributed by atoms with Crippen LogP contribution in [-0.2, 0) is 10.2 Å². The van der Waals surface area contributed by atoms with Gasteiger partial charge in [0.25, 0.3) is 0 Å². The molecular weight excluding hydrogens is 693 g/mol. The van der Waals surface area contributed by atoms with Crippen LogP contribution in [0.5, 0.6) is 0 Å². The third-order valence-electron chi connectivity index (χ3n) is 11.3. The van der Waals surface area contributed by atoms with E-state index in [0.717, 1.165) is 40.0 Å². The van der Waals surface area contributed by atoms with E-state index in [1.807, 2.05) is 24.3 Å². The summed E-state index contributed by atoms with van der Waals surface area (Å²) in [6.45, 7) is 4.62. The molecule has 1 aliphatic heterocycles. The normalized spacial score (nSPS) is 16.7. The lowest BCUT2D eigenvalue weighted by atomic mass is 9.79. The van der Waals surface area contributed by atoms with Gasteiger partial charge in [-0.2, -0.15) is 0 Å². The van der Waals surface area contributed by atoms with Gasteiger partial charge in [-0.05, 0) is 64.6 Å². The van der Waals surface area contributed by atoms with Crippen LogP contribution in [0.2, 0.25) is 0 Å². The maximum atomic E-state index is 6.61. The molecule has 6 heteroatoms. The number of aromatic nitrogens is 3. The molecule has 8 aromatic rings. The van der Waals surface area contributed by atoms with Crippen LogP contribution < -0.4 is 0 Å². The molecule has 55 heavy (non-hydrogen) atoms. The lowest BCUT2D eigenvalue weighted by Gasteiger charge is -2.25. The molecule has 0 N–H and O–H groups in total. The number of nitrogens with zero attached hydrogens (tertiary/aromatic N) is 4. The van der Waals surface area contributed by atoms with E-state index in [-0.39, 0.29) is 11.5 Å². The SMILES string of the molecule is CC1(C)C2=CCC3N=C(c4ccccc4)OC3=C2c2ccc(-c3nc(-c4ccc(-c5ccccc5)cc4)nc(-c4cccc5c4sc4ccccc45)n3)cc21. The fourth-order valence-electron chi connectivity index (χ4n) is 8.48. The summed E-state index contributed by atoms with van der Waals surface area (Å²) in [6, 6.07) is 50.8. The second-order valence-electron chi connectivity index (χ2n) is 14.9. The zero-order valence-corrected chi connectivity index (χ0v) is 31.1. The quantitative estimate of drug-likeness (QED) is 0.177. The first-order valence-electron chi connectivity index (χ1n) is 18.7. The predicted octanol–water partition coefficient (Wildman–Crippen LogP) is 12.1. The average molecular weight is 727 g/mol. The minimum absolute atomic E-state index is 0.0195. The Bertz CT molecular complexity index is 2940. The second-order valence-corrected chi connectivity index (χ2v) is 16.0. The van der Waals surface area contributed by atoms with Crippen molar-refractivity contribution in [3.63, 3.8) is 0 Å². The Hall–Kier alpha value is -6.50. The van der Waals surface area contributed by atoms with Crippen LogP contribution in [0.4, 0.5) is 0 Å². The lowest BCUT2D eigenvalue weighted by Crippen LogP contribution is -2.19. The van der Waals surface area contributed by atoms with Gasteiger partial charge >= 0.3 is 0 Å². The van der Waals surface area contributed by atoms with Crippen LogP contribution in [0.3, 0.4) is 0 Å². The molecule has 2 aliphatic carbocycles. The topological polar surface area (TPSA) is 60.3 Å². The molecule has 0 saturated carbocycles. The molecule has 11 rings (SSSR count). The Labute approximate surface area is 323 Å². The summed E-state index contributed by atoms with van der Waals surface area (Å²) in [5.41, 5.74) is 10.9. The Morgan fingerprint density at radius 1 is 0.582 bits per heavy atom. The van der Waals surface area contributed by atoms with Crippen molar-refractivity contribution >= 4 is 43.0 Å². The van der Waals surface area contributed by atoms with Crippen LogP contribution in [0, 0.1) is 0 Å². The molecule has 3 aliphatic rings. The highest BCUT2D eigenvalue weighted by Gasteiger charge is 2.45. The van der Waals surface area contributed by atoms with E-state index >= 15 is 0 Å². The smallest absolute Gasteiger partial charge is 0.222 e. The number of thiophene rings is 1. The highest BCUT2D eigenvalue weighted by atomic mass is 32.1. The van der Waals surface area contributed by atoms with E-state index in [2.05, 4.69) is 141 Å². The van der Waals surface area contributed by atoms with Crippen LogP contribution in [0.25, 0.3) is 71.0 Å². The van der Waals surface area contributed by atoms with E-state index in [4.69, 9.17) is 24.7 Å². The number of aliphatic imine (C=N–C) groups is 1. The third kappa shape index (κ3) is 5.13. The first-order valence-corrected chi connectivity index (χ1v) is 19.6. The number of benzene rings is 6. The van der Waals surface area contributed by atoms with Crippen molar-refractivity contribution in [3.05, 3.63) is 180 Å². The fraction of sp³-hybridized carbons (Fsp3) is 0.102. The highest BCUT2D eigenvalue weighted by Crippen LogP contribution is 2.55. The Morgan fingerprint density at radius 3 is 2.02 bits per heavy atom. The van der Waals surface area contributed by atoms with Crippen molar-refractivity contribution in [2.45, 2.75) is 31.7 Å². The van der Waals surface area contributed by atoms with Crippen molar-refractivity contribution in [1.82, 2.24) is 15.0 Å². The summed E-state index contributed by atoms with van der Waals surface area (Å²) in [7, 11) is 0. The fourth-order valence-corrected chi connectivity index (χ4v) is 9.70. The Morgan fingerprint density at radius 2 is 1.22 bits per heavy atom. The maximum Gasteiger partial charge on any atom is 0.222 e. The third-order valence-corrected chi connectivity index (χ3v) is 12.5. The van der Waals surface area contributed by atoms with Crippen molar-refractivity contribution in [3.8, 4) is 45.3 Å². The van der Waals surface area contributed by atoms with Crippen LogP contribution in [0.15, 0.2) is 168 Å². The highest BCUT2D eigenvalue weighted by molar-refractivity contribution is 7.26. The predicted molar refractivity (Wildman–Crippen MR) is 225 cm³/mol. The van der Waals surface area contributed by atoms with Gasteiger partial charge in [-0.1, -0.05) is 135 Å². The van der Waals surface area contributed by atoms with Gasteiger partial charge in [-0.3, -0.25) is 0 Å². The molecule has 6 aromatic carbocycles. The molecule has 1 atom stereocenters. The van der Waals surface area contributed by atoms with E-state index in [9.17, 15) is 0 Å². The van der Waals surface area contributed by atoms with Crippen molar-refractivity contribution in [2.24, 2.45) is 4.99 Å². The number of fused-ring (bicyclic) bond motifs is 7. The molecule has 0 fully saturated rings. The summed E-state index contributed by atoms with van der Waals surface area (Å²) >= 11 is 1.79. The summed E-state index contributed by atoms with van der Waals surface area (Å²) in [4.78, 5) is 20.7. The van der Waals surface area contributed by atoms with Crippen LogP contribution in [0.1, 0.15) is 37.0 Å². The van der Waals surface area contributed by atoms with Gasteiger partial charge in [-0.25, -0.2) is 19.9 Å². The molecule has 0 amide bonds.